The number of aliphatic hydroxyl groups excluding tert-OH is 1. The Hall–Kier alpha value is -1.94. The average molecular weight is 1340 g/mol. The van der Waals surface area contributed by atoms with Crippen molar-refractivity contribution in [1.82, 2.24) is 0 Å². The normalized spacial score (nSPS) is 14.2. The molecule has 0 bridgehead atoms. The van der Waals surface area contributed by atoms with Crippen molar-refractivity contribution in [3.8, 4) is 0 Å². The Bertz CT molecular complexity index is 1780. The first kappa shape index (κ1) is 89.1. The van der Waals surface area contributed by atoms with Crippen LogP contribution in [0.5, 0.6) is 0 Å². The maximum Gasteiger partial charge on any atom is 0.472 e. The third kappa shape index (κ3) is 66.5. The summed E-state index contributed by atoms with van der Waals surface area (Å²) in [5, 5.41) is 10.6. The molecule has 0 aromatic heterocycles. The van der Waals surface area contributed by atoms with Gasteiger partial charge >= 0.3 is 39.5 Å². The van der Waals surface area contributed by atoms with Gasteiger partial charge in [0.2, 0.25) is 0 Å². The van der Waals surface area contributed by atoms with E-state index in [0.717, 1.165) is 108 Å². The lowest BCUT2D eigenvalue weighted by Crippen LogP contribution is -2.30. The van der Waals surface area contributed by atoms with Crippen molar-refractivity contribution in [1.29, 1.82) is 0 Å². The molecule has 0 saturated carbocycles. The number of carbonyl (C=O) groups is 4. The van der Waals surface area contributed by atoms with Crippen molar-refractivity contribution in [2.75, 3.05) is 39.6 Å². The van der Waals surface area contributed by atoms with Crippen molar-refractivity contribution in [2.24, 2.45) is 17.8 Å². The fourth-order valence-electron chi connectivity index (χ4n) is 10.9. The number of ether oxygens (including phenoxy) is 4. The fraction of sp³-hybridized carbons (Fsp3) is 0.944. The van der Waals surface area contributed by atoms with Crippen LogP contribution in [0.15, 0.2) is 0 Å². The summed E-state index contributed by atoms with van der Waals surface area (Å²) in [4.78, 5) is 72.6. The van der Waals surface area contributed by atoms with E-state index in [1.807, 2.05) is 0 Å². The summed E-state index contributed by atoms with van der Waals surface area (Å²) in [6.07, 6.45) is 47.3. The van der Waals surface area contributed by atoms with Crippen LogP contribution in [0.4, 0.5) is 0 Å². The standard InChI is InChI=1S/C72H140O17P2/c1-8-9-10-11-12-13-14-15-16-17-18-21-27-32-41-48-55-71(76)88-67(59-82-69(74)53-46-39-31-26-22-19-20-24-29-36-43-50-63(2)3)61-86-90(78,79)84-57-66(73)58-85-91(80,81)87-62-68(60-83-70(75)54-47-40-35-34-38-45-52-65(6)7)89-72(77)56-49-42-33-28-23-25-30-37-44-51-64(4)5/h63-68,73H,8-62H2,1-7H3,(H,78,79)(H,80,81)/t66-,67-,68-/m1/s1. The number of rotatable bonds is 70. The smallest absolute Gasteiger partial charge is 0.462 e. The minimum Gasteiger partial charge on any atom is -0.462 e. The monoisotopic (exact) mass is 1340 g/mol. The number of aliphatic hydroxyl groups is 1. The largest absolute Gasteiger partial charge is 0.472 e. The van der Waals surface area contributed by atoms with Gasteiger partial charge in [0.1, 0.15) is 19.3 Å². The number of carbonyl (C=O) groups excluding carboxylic acids is 4. The molecule has 17 nitrogen and oxygen atoms in total. The number of hydrogen-bond donors (Lipinski definition) is 3. The van der Waals surface area contributed by atoms with Crippen molar-refractivity contribution in [2.45, 2.75) is 381 Å². The maximum absolute atomic E-state index is 13.0. The number of phosphoric ester groups is 2. The second-order valence-electron chi connectivity index (χ2n) is 27.4. The lowest BCUT2D eigenvalue weighted by molar-refractivity contribution is -0.161. The highest BCUT2D eigenvalue weighted by molar-refractivity contribution is 7.47. The van der Waals surface area contributed by atoms with E-state index in [2.05, 4.69) is 48.5 Å². The maximum atomic E-state index is 13.0. The Kier molecular flexibility index (Phi) is 61.5. The Labute approximate surface area is 556 Å². The quantitative estimate of drug-likeness (QED) is 0.0222. The minimum atomic E-state index is -4.95. The first-order valence-corrected chi connectivity index (χ1v) is 40.3. The second kappa shape index (κ2) is 62.8. The first-order chi connectivity index (χ1) is 43.7. The summed E-state index contributed by atoms with van der Waals surface area (Å²) in [7, 11) is -9.90. The molecule has 5 atom stereocenters. The van der Waals surface area contributed by atoms with E-state index in [9.17, 15) is 43.2 Å². The molecule has 0 aliphatic rings. The van der Waals surface area contributed by atoms with Gasteiger partial charge in [0.05, 0.1) is 26.4 Å². The van der Waals surface area contributed by atoms with E-state index in [1.54, 1.807) is 0 Å². The van der Waals surface area contributed by atoms with Crippen LogP contribution in [0, 0.1) is 17.8 Å². The topological polar surface area (TPSA) is 237 Å². The number of unbranched alkanes of at least 4 members (excludes halogenated alkanes) is 38. The van der Waals surface area contributed by atoms with Crippen LogP contribution in [0.25, 0.3) is 0 Å². The Morgan fingerprint density at radius 3 is 0.747 bits per heavy atom. The molecule has 0 aromatic rings. The van der Waals surface area contributed by atoms with Gasteiger partial charge in [0.25, 0.3) is 0 Å². The molecule has 91 heavy (non-hydrogen) atoms. The zero-order valence-electron chi connectivity index (χ0n) is 59.3. The first-order valence-electron chi connectivity index (χ1n) is 37.3. The molecule has 0 fully saturated rings. The molecule has 0 radical (unpaired) electrons. The van der Waals surface area contributed by atoms with E-state index in [0.29, 0.717) is 31.6 Å². The summed E-state index contributed by atoms with van der Waals surface area (Å²) >= 11 is 0. The Morgan fingerprint density at radius 2 is 0.505 bits per heavy atom. The number of phosphoric acid groups is 2. The zero-order chi connectivity index (χ0) is 67.3. The van der Waals surface area contributed by atoms with Gasteiger partial charge in [0, 0.05) is 25.7 Å². The highest BCUT2D eigenvalue weighted by Gasteiger charge is 2.30. The third-order valence-corrected chi connectivity index (χ3v) is 18.5. The summed E-state index contributed by atoms with van der Waals surface area (Å²) in [6, 6.07) is 0. The number of esters is 4. The fourth-order valence-corrected chi connectivity index (χ4v) is 12.5. The van der Waals surface area contributed by atoms with Crippen molar-refractivity contribution >= 4 is 39.5 Å². The molecule has 19 heteroatoms. The summed E-state index contributed by atoms with van der Waals surface area (Å²) in [5.41, 5.74) is 0. The molecular weight excluding hydrogens is 1200 g/mol. The average Bonchev–Trinajstić information content (AvgIpc) is 2.15. The summed E-state index contributed by atoms with van der Waals surface area (Å²) in [5.74, 6) is 0.0619. The molecule has 2 unspecified atom stereocenters. The Balaban J connectivity index is 5.24. The third-order valence-electron chi connectivity index (χ3n) is 16.6. The van der Waals surface area contributed by atoms with Crippen molar-refractivity contribution in [3.05, 3.63) is 0 Å². The molecular formula is C72H140O17P2. The summed E-state index contributed by atoms with van der Waals surface area (Å²) < 4.78 is 68.3. The van der Waals surface area contributed by atoms with E-state index in [1.165, 1.54) is 167 Å². The molecule has 0 spiro atoms. The SMILES string of the molecule is CCCCCCCCCCCCCCCCCCC(=O)O[C@H](COC(=O)CCCCCCCCCCCCCC(C)C)COP(=O)(O)OC[C@@H](O)COP(=O)(O)OC[C@@H](COC(=O)CCCCCCCCC(C)C)OC(=O)CCCCCCCCCCCC(C)C. The van der Waals surface area contributed by atoms with Gasteiger partial charge in [0.15, 0.2) is 12.2 Å². The molecule has 0 amide bonds. The molecule has 0 rings (SSSR count). The zero-order valence-corrected chi connectivity index (χ0v) is 61.1. The van der Waals surface area contributed by atoms with Crippen LogP contribution in [0.3, 0.4) is 0 Å². The second-order valence-corrected chi connectivity index (χ2v) is 30.3. The van der Waals surface area contributed by atoms with Gasteiger partial charge in [-0.2, -0.15) is 0 Å². The lowest BCUT2D eigenvalue weighted by atomic mass is 10.0. The number of hydrogen-bond acceptors (Lipinski definition) is 15. The predicted octanol–water partition coefficient (Wildman–Crippen LogP) is 20.6. The molecule has 0 aliphatic carbocycles. The molecule has 0 aromatic carbocycles. The van der Waals surface area contributed by atoms with Crippen LogP contribution < -0.4 is 0 Å². The van der Waals surface area contributed by atoms with Crippen molar-refractivity contribution < 1.29 is 80.2 Å². The molecule has 3 N–H and O–H groups in total. The highest BCUT2D eigenvalue weighted by Crippen LogP contribution is 2.45. The van der Waals surface area contributed by atoms with Crippen LogP contribution in [0.2, 0.25) is 0 Å². The molecule has 0 heterocycles. The highest BCUT2D eigenvalue weighted by atomic mass is 31.2. The van der Waals surface area contributed by atoms with Crippen LogP contribution in [-0.4, -0.2) is 96.7 Å². The molecule has 540 valence electrons. The van der Waals surface area contributed by atoms with E-state index >= 15 is 0 Å². The molecule has 0 saturated heterocycles. The van der Waals surface area contributed by atoms with Gasteiger partial charge in [-0.1, -0.05) is 312 Å². The van der Waals surface area contributed by atoms with Crippen LogP contribution >= 0.6 is 15.6 Å². The van der Waals surface area contributed by atoms with Gasteiger partial charge in [-0.3, -0.25) is 37.3 Å². The van der Waals surface area contributed by atoms with Crippen LogP contribution in [0.1, 0.15) is 363 Å². The summed E-state index contributed by atoms with van der Waals surface area (Å²) in [6.45, 7) is 11.8. The van der Waals surface area contributed by atoms with E-state index < -0.39 is 97.5 Å². The minimum absolute atomic E-state index is 0.104. The van der Waals surface area contributed by atoms with Gasteiger partial charge in [-0.25, -0.2) is 9.13 Å². The van der Waals surface area contributed by atoms with Gasteiger partial charge < -0.3 is 33.8 Å². The van der Waals surface area contributed by atoms with E-state index in [-0.39, 0.29) is 25.7 Å². The molecule has 0 aliphatic heterocycles. The van der Waals surface area contributed by atoms with Gasteiger partial charge in [-0.05, 0) is 43.4 Å². The lowest BCUT2D eigenvalue weighted by Gasteiger charge is -2.21. The predicted molar refractivity (Wildman–Crippen MR) is 368 cm³/mol. The van der Waals surface area contributed by atoms with Crippen LogP contribution in [-0.2, 0) is 65.4 Å². The Morgan fingerprint density at radius 1 is 0.297 bits per heavy atom. The van der Waals surface area contributed by atoms with Crippen molar-refractivity contribution in [3.63, 3.8) is 0 Å². The van der Waals surface area contributed by atoms with Gasteiger partial charge in [-0.15, -0.1) is 0 Å². The van der Waals surface area contributed by atoms with E-state index in [4.69, 9.17) is 37.0 Å².